The van der Waals surface area contributed by atoms with Gasteiger partial charge in [0, 0.05) is 0 Å². The van der Waals surface area contributed by atoms with Gasteiger partial charge in [-0.15, -0.1) is 0 Å². The molecule has 0 atom stereocenters. The molecule has 6 heteroatoms. The number of benzene rings is 1. The molecule has 0 unspecified atom stereocenters. The summed E-state index contributed by atoms with van der Waals surface area (Å²) in [5.41, 5.74) is 3.18. The van der Waals surface area contributed by atoms with Crippen LogP contribution in [0.25, 0.3) is 0 Å². The lowest BCUT2D eigenvalue weighted by molar-refractivity contribution is -0.159. The van der Waals surface area contributed by atoms with E-state index in [1.165, 1.54) is 6.21 Å². The number of hydrazone groups is 1. The molecule has 1 heterocycles. The van der Waals surface area contributed by atoms with Gasteiger partial charge >= 0.3 is 0 Å². The topological polar surface area (TPSA) is 80.2 Å². The summed E-state index contributed by atoms with van der Waals surface area (Å²) in [5, 5.41) is 12.9. The van der Waals surface area contributed by atoms with Crippen molar-refractivity contribution in [3.05, 3.63) is 29.8 Å². The lowest BCUT2D eigenvalue weighted by Gasteiger charge is -2.20. The van der Waals surface area contributed by atoms with Crippen molar-refractivity contribution in [2.75, 3.05) is 13.2 Å². The number of ether oxygens (including phenoxy) is 2. The van der Waals surface area contributed by atoms with Crippen molar-refractivity contribution in [2.45, 2.75) is 19.1 Å². The molecule has 1 aliphatic rings. The van der Waals surface area contributed by atoms with Crippen LogP contribution in [0.15, 0.2) is 29.4 Å². The molecule has 1 fully saturated rings. The number of nitrogens with one attached hydrogen (secondary N) is 1. The zero-order chi connectivity index (χ0) is 13.7. The van der Waals surface area contributed by atoms with Crippen LogP contribution in [0.2, 0.25) is 0 Å². The first-order valence-corrected chi connectivity index (χ1v) is 5.96. The summed E-state index contributed by atoms with van der Waals surface area (Å²) in [6, 6.07) is 6.47. The molecule has 1 saturated heterocycles. The summed E-state index contributed by atoms with van der Waals surface area (Å²) >= 11 is 0. The molecule has 0 bridgehead atoms. The van der Waals surface area contributed by atoms with Gasteiger partial charge in [0.05, 0.1) is 25.8 Å². The minimum Gasteiger partial charge on any atom is -0.508 e. The van der Waals surface area contributed by atoms with Gasteiger partial charge in [-0.1, -0.05) is 0 Å². The molecule has 1 aliphatic heterocycles. The number of hydrogen-bond acceptors (Lipinski definition) is 5. The lowest BCUT2D eigenvalue weighted by atomic mass is 10.2. The number of nitrogens with zero attached hydrogens (tertiary/aromatic N) is 1. The van der Waals surface area contributed by atoms with Crippen LogP contribution in [0, 0.1) is 0 Å². The first-order chi connectivity index (χ1) is 9.07. The number of hydrogen-bond donors (Lipinski definition) is 2. The fourth-order valence-corrected chi connectivity index (χ4v) is 1.73. The van der Waals surface area contributed by atoms with Gasteiger partial charge in [-0.05, 0) is 36.8 Å². The van der Waals surface area contributed by atoms with Crippen molar-refractivity contribution in [3.8, 4) is 5.75 Å². The van der Waals surface area contributed by atoms with Crippen LogP contribution in [-0.4, -0.2) is 36.2 Å². The zero-order valence-electron chi connectivity index (χ0n) is 10.6. The molecule has 0 aromatic heterocycles. The van der Waals surface area contributed by atoms with E-state index in [0.717, 1.165) is 5.56 Å². The Labute approximate surface area is 111 Å². The maximum atomic E-state index is 11.6. The standard InChI is InChI=1S/C13H16N2O4/c1-13(18-6-7-19-13)8-12(17)15-14-9-10-2-4-11(16)5-3-10/h2-5,9,16H,6-8H2,1H3,(H,15,17)/b14-9+. The number of aromatic hydroxyl groups is 1. The Bertz CT molecular complexity index is 464. The second-order valence-electron chi connectivity index (χ2n) is 4.39. The van der Waals surface area contributed by atoms with Crippen molar-refractivity contribution in [3.63, 3.8) is 0 Å². The fourth-order valence-electron chi connectivity index (χ4n) is 1.73. The first-order valence-electron chi connectivity index (χ1n) is 5.96. The van der Waals surface area contributed by atoms with Gasteiger partial charge < -0.3 is 14.6 Å². The molecule has 1 amide bonds. The Balaban J connectivity index is 1.81. The Hall–Kier alpha value is -1.92. The molecule has 0 spiro atoms. The monoisotopic (exact) mass is 264 g/mol. The van der Waals surface area contributed by atoms with Crippen LogP contribution in [0.1, 0.15) is 18.9 Å². The van der Waals surface area contributed by atoms with Gasteiger partial charge in [0.1, 0.15) is 5.75 Å². The van der Waals surface area contributed by atoms with Crippen molar-refractivity contribution in [1.82, 2.24) is 5.43 Å². The number of amides is 1. The molecule has 102 valence electrons. The van der Waals surface area contributed by atoms with Gasteiger partial charge in [0.15, 0.2) is 5.79 Å². The van der Waals surface area contributed by atoms with E-state index < -0.39 is 5.79 Å². The van der Waals surface area contributed by atoms with Crippen LogP contribution in [0.5, 0.6) is 5.75 Å². The van der Waals surface area contributed by atoms with E-state index in [2.05, 4.69) is 10.5 Å². The summed E-state index contributed by atoms with van der Waals surface area (Å²) in [5.74, 6) is -0.943. The zero-order valence-corrected chi connectivity index (χ0v) is 10.6. The van der Waals surface area contributed by atoms with E-state index in [1.807, 2.05) is 0 Å². The molecular formula is C13H16N2O4. The second kappa shape index (κ2) is 5.81. The van der Waals surface area contributed by atoms with Crippen LogP contribution in [0.4, 0.5) is 0 Å². The summed E-state index contributed by atoms with van der Waals surface area (Å²) in [7, 11) is 0. The minimum atomic E-state index is -0.849. The molecule has 0 radical (unpaired) electrons. The van der Waals surface area contributed by atoms with Gasteiger partial charge in [-0.25, -0.2) is 5.43 Å². The van der Waals surface area contributed by atoms with Crippen molar-refractivity contribution in [2.24, 2.45) is 5.10 Å². The summed E-state index contributed by atoms with van der Waals surface area (Å²) in [6.07, 6.45) is 1.59. The van der Waals surface area contributed by atoms with E-state index in [4.69, 9.17) is 14.6 Å². The van der Waals surface area contributed by atoms with Gasteiger partial charge in [-0.3, -0.25) is 4.79 Å². The maximum absolute atomic E-state index is 11.6. The molecule has 6 nitrogen and oxygen atoms in total. The van der Waals surface area contributed by atoms with Crippen LogP contribution in [-0.2, 0) is 14.3 Å². The normalized spacial score (nSPS) is 17.7. The number of rotatable bonds is 4. The van der Waals surface area contributed by atoms with E-state index >= 15 is 0 Å². The second-order valence-corrected chi connectivity index (χ2v) is 4.39. The fraction of sp³-hybridized carbons (Fsp3) is 0.385. The predicted octanol–water partition coefficient (Wildman–Crippen LogP) is 0.995. The van der Waals surface area contributed by atoms with Crippen LogP contribution >= 0.6 is 0 Å². The van der Waals surface area contributed by atoms with Crippen molar-refractivity contribution < 1.29 is 19.4 Å². The van der Waals surface area contributed by atoms with Gasteiger partial charge in [0.2, 0.25) is 5.91 Å². The summed E-state index contributed by atoms with van der Waals surface area (Å²) in [4.78, 5) is 11.6. The Kier molecular flexibility index (Phi) is 4.13. The highest BCUT2D eigenvalue weighted by Gasteiger charge is 2.33. The van der Waals surface area contributed by atoms with E-state index in [1.54, 1.807) is 31.2 Å². The number of carbonyl (C=O) groups excluding carboxylic acids is 1. The predicted molar refractivity (Wildman–Crippen MR) is 68.8 cm³/mol. The summed E-state index contributed by atoms with van der Waals surface area (Å²) < 4.78 is 10.7. The third-order valence-corrected chi connectivity index (χ3v) is 2.68. The third-order valence-electron chi connectivity index (χ3n) is 2.68. The Morgan fingerprint density at radius 1 is 1.42 bits per heavy atom. The molecule has 0 aliphatic carbocycles. The van der Waals surface area contributed by atoms with Crippen molar-refractivity contribution in [1.29, 1.82) is 0 Å². The lowest BCUT2D eigenvalue weighted by Crippen LogP contribution is -2.33. The molecule has 1 aromatic carbocycles. The SMILES string of the molecule is CC1(CC(=O)N/N=C/c2ccc(O)cc2)OCCO1. The highest BCUT2D eigenvalue weighted by Crippen LogP contribution is 2.22. The maximum Gasteiger partial charge on any atom is 0.245 e. The minimum absolute atomic E-state index is 0.0971. The molecule has 0 saturated carbocycles. The number of phenols is 1. The quantitative estimate of drug-likeness (QED) is 0.628. The smallest absolute Gasteiger partial charge is 0.245 e. The molecule has 19 heavy (non-hydrogen) atoms. The van der Waals surface area contributed by atoms with Crippen LogP contribution < -0.4 is 5.43 Å². The Morgan fingerprint density at radius 3 is 2.68 bits per heavy atom. The molecule has 1 aromatic rings. The Morgan fingerprint density at radius 2 is 2.05 bits per heavy atom. The van der Waals surface area contributed by atoms with Gasteiger partial charge in [0.25, 0.3) is 0 Å². The summed E-state index contributed by atoms with van der Waals surface area (Å²) in [6.45, 7) is 2.73. The van der Waals surface area contributed by atoms with Crippen LogP contribution in [0.3, 0.4) is 0 Å². The number of phenolic OH excluding ortho intramolecular Hbond substituents is 1. The van der Waals surface area contributed by atoms with E-state index in [9.17, 15) is 4.79 Å². The molecule has 2 N–H and O–H groups in total. The highest BCUT2D eigenvalue weighted by atomic mass is 16.7. The molecule has 2 rings (SSSR count). The third kappa shape index (κ3) is 4.04. The largest absolute Gasteiger partial charge is 0.508 e. The first kappa shape index (κ1) is 13.5. The average molecular weight is 264 g/mol. The van der Waals surface area contributed by atoms with Crippen molar-refractivity contribution >= 4 is 12.1 Å². The van der Waals surface area contributed by atoms with E-state index in [-0.39, 0.29) is 18.1 Å². The van der Waals surface area contributed by atoms with E-state index in [0.29, 0.717) is 13.2 Å². The highest BCUT2D eigenvalue weighted by molar-refractivity contribution is 5.82. The number of carbonyl (C=O) groups is 1. The van der Waals surface area contributed by atoms with Gasteiger partial charge in [-0.2, -0.15) is 5.10 Å². The molecular weight excluding hydrogens is 248 g/mol. The average Bonchev–Trinajstić information content (AvgIpc) is 2.78.